The zero-order valence-electron chi connectivity index (χ0n) is 12.3. The lowest BCUT2D eigenvalue weighted by molar-refractivity contribution is -0.148. The Kier molecular flexibility index (Phi) is 4.65. The van der Waals surface area contributed by atoms with Crippen LogP contribution in [-0.2, 0) is 11.2 Å². The third-order valence-electron chi connectivity index (χ3n) is 4.44. The van der Waals surface area contributed by atoms with Crippen molar-refractivity contribution in [3.63, 3.8) is 0 Å². The van der Waals surface area contributed by atoms with Gasteiger partial charge in [-0.2, -0.15) is 0 Å². The highest BCUT2D eigenvalue weighted by Crippen LogP contribution is 2.34. The first-order valence-electron chi connectivity index (χ1n) is 7.18. The lowest BCUT2D eigenvalue weighted by atomic mass is 9.84. The van der Waals surface area contributed by atoms with Gasteiger partial charge in [-0.15, -0.1) is 0 Å². The van der Waals surface area contributed by atoms with Crippen LogP contribution in [0.5, 0.6) is 5.75 Å². The number of hydrogen-bond donors (Lipinski definition) is 1. The molecule has 4 nitrogen and oxygen atoms in total. The minimum atomic E-state index is -0.646. The van der Waals surface area contributed by atoms with Crippen molar-refractivity contribution >= 4 is 5.97 Å². The Hall–Kier alpha value is -1.55. The summed E-state index contributed by atoms with van der Waals surface area (Å²) >= 11 is 0. The van der Waals surface area contributed by atoms with Crippen molar-refractivity contribution in [2.24, 2.45) is 5.41 Å². The fourth-order valence-electron chi connectivity index (χ4n) is 2.84. The van der Waals surface area contributed by atoms with Crippen molar-refractivity contribution in [1.82, 2.24) is 4.90 Å². The highest BCUT2D eigenvalue weighted by Gasteiger charge is 2.42. The molecule has 0 saturated carbocycles. The predicted octanol–water partition coefficient (Wildman–Crippen LogP) is 2.42. The molecule has 1 aliphatic rings. The number of hydrogen-bond acceptors (Lipinski definition) is 3. The molecule has 1 unspecified atom stereocenters. The normalized spacial score (nSPS) is 22.9. The number of nitrogens with zero attached hydrogens (tertiary/aromatic N) is 1. The third-order valence-corrected chi connectivity index (χ3v) is 4.44. The van der Waals surface area contributed by atoms with Crippen LogP contribution in [0.4, 0.5) is 0 Å². The van der Waals surface area contributed by atoms with Gasteiger partial charge in [-0.3, -0.25) is 4.79 Å². The molecule has 0 aromatic heterocycles. The number of rotatable bonds is 6. The van der Waals surface area contributed by atoms with Crippen LogP contribution < -0.4 is 4.74 Å². The lowest BCUT2D eigenvalue weighted by Gasteiger charge is -2.23. The third kappa shape index (κ3) is 3.12. The second-order valence-corrected chi connectivity index (χ2v) is 5.56. The Bertz CT molecular complexity index is 457. The number of carbonyl (C=O) groups is 1. The van der Waals surface area contributed by atoms with Gasteiger partial charge in [-0.05, 0) is 43.5 Å². The SMILES string of the molecule is CCC1(C(=O)O)CCN(CCc2ccc(OC)cc2)C1. The molecular weight excluding hydrogens is 254 g/mol. The van der Waals surface area contributed by atoms with E-state index in [1.165, 1.54) is 5.56 Å². The summed E-state index contributed by atoms with van der Waals surface area (Å²) in [5.74, 6) is 0.220. The Labute approximate surface area is 120 Å². The fraction of sp³-hybridized carbons (Fsp3) is 0.562. The van der Waals surface area contributed by atoms with Crippen LogP contribution in [0.25, 0.3) is 0 Å². The molecule has 1 aromatic rings. The van der Waals surface area contributed by atoms with Crippen LogP contribution >= 0.6 is 0 Å². The summed E-state index contributed by atoms with van der Waals surface area (Å²) in [6.45, 7) is 4.45. The molecule has 0 aliphatic carbocycles. The van der Waals surface area contributed by atoms with Gasteiger partial charge in [0, 0.05) is 13.1 Å². The van der Waals surface area contributed by atoms with Gasteiger partial charge in [0.15, 0.2) is 0 Å². The molecule has 1 fully saturated rings. The fourth-order valence-corrected chi connectivity index (χ4v) is 2.84. The molecule has 1 N–H and O–H groups in total. The van der Waals surface area contributed by atoms with Gasteiger partial charge in [0.1, 0.15) is 5.75 Å². The van der Waals surface area contributed by atoms with Crippen molar-refractivity contribution in [2.75, 3.05) is 26.7 Å². The van der Waals surface area contributed by atoms with Crippen LogP contribution in [0.2, 0.25) is 0 Å². The van der Waals surface area contributed by atoms with E-state index in [-0.39, 0.29) is 0 Å². The number of ether oxygens (including phenoxy) is 1. The van der Waals surface area contributed by atoms with Crippen molar-refractivity contribution < 1.29 is 14.6 Å². The Balaban J connectivity index is 1.87. The van der Waals surface area contributed by atoms with Crippen molar-refractivity contribution in [2.45, 2.75) is 26.2 Å². The summed E-state index contributed by atoms with van der Waals surface area (Å²) in [5.41, 5.74) is 0.732. The summed E-state index contributed by atoms with van der Waals surface area (Å²) in [4.78, 5) is 13.7. The molecular formula is C16H23NO3. The lowest BCUT2D eigenvalue weighted by Crippen LogP contribution is -2.34. The summed E-state index contributed by atoms with van der Waals surface area (Å²) < 4.78 is 5.14. The molecule has 0 spiro atoms. The first-order valence-corrected chi connectivity index (χ1v) is 7.18. The second-order valence-electron chi connectivity index (χ2n) is 5.56. The van der Waals surface area contributed by atoms with Gasteiger partial charge in [0.05, 0.1) is 12.5 Å². The van der Waals surface area contributed by atoms with Crippen LogP contribution in [0.15, 0.2) is 24.3 Å². The largest absolute Gasteiger partial charge is 0.497 e. The van der Waals surface area contributed by atoms with Gasteiger partial charge in [0.2, 0.25) is 0 Å². The summed E-state index contributed by atoms with van der Waals surface area (Å²) in [5, 5.41) is 9.38. The van der Waals surface area contributed by atoms with Crippen molar-refractivity contribution in [1.29, 1.82) is 0 Å². The molecule has 2 rings (SSSR count). The van der Waals surface area contributed by atoms with Gasteiger partial charge >= 0.3 is 5.97 Å². The number of carboxylic acid groups (broad SMARTS) is 1. The molecule has 4 heteroatoms. The summed E-state index contributed by atoms with van der Waals surface area (Å²) in [6, 6.07) is 8.07. The molecule has 1 atom stereocenters. The number of likely N-dealkylation sites (tertiary alicyclic amines) is 1. The Morgan fingerprint density at radius 2 is 2.10 bits per heavy atom. The van der Waals surface area contributed by atoms with E-state index in [1.807, 2.05) is 19.1 Å². The maximum atomic E-state index is 11.4. The number of aliphatic carboxylic acids is 1. The zero-order valence-corrected chi connectivity index (χ0v) is 12.3. The molecule has 0 bridgehead atoms. The quantitative estimate of drug-likeness (QED) is 0.867. The highest BCUT2D eigenvalue weighted by molar-refractivity contribution is 5.75. The zero-order chi connectivity index (χ0) is 14.6. The van der Waals surface area contributed by atoms with E-state index in [2.05, 4.69) is 17.0 Å². The van der Waals surface area contributed by atoms with E-state index < -0.39 is 11.4 Å². The Morgan fingerprint density at radius 3 is 2.60 bits per heavy atom. The summed E-state index contributed by atoms with van der Waals surface area (Å²) in [7, 11) is 1.66. The smallest absolute Gasteiger partial charge is 0.310 e. The topological polar surface area (TPSA) is 49.8 Å². The first kappa shape index (κ1) is 14.9. The van der Waals surface area contributed by atoms with Crippen LogP contribution in [0.3, 0.4) is 0 Å². The standard InChI is InChI=1S/C16H23NO3/c1-3-16(15(18)19)9-11-17(12-16)10-8-13-4-6-14(20-2)7-5-13/h4-7H,3,8-12H2,1-2H3,(H,18,19). The van der Waals surface area contributed by atoms with E-state index in [1.54, 1.807) is 7.11 Å². The Morgan fingerprint density at radius 1 is 1.40 bits per heavy atom. The molecule has 110 valence electrons. The van der Waals surface area contributed by atoms with Crippen molar-refractivity contribution in [3.05, 3.63) is 29.8 Å². The van der Waals surface area contributed by atoms with Crippen LogP contribution in [0, 0.1) is 5.41 Å². The number of methoxy groups -OCH3 is 1. The van der Waals surface area contributed by atoms with Gasteiger partial charge in [-0.25, -0.2) is 0 Å². The van der Waals surface area contributed by atoms with Gasteiger partial charge < -0.3 is 14.7 Å². The number of benzene rings is 1. The monoisotopic (exact) mass is 277 g/mol. The van der Waals surface area contributed by atoms with E-state index >= 15 is 0 Å². The number of carboxylic acids is 1. The van der Waals surface area contributed by atoms with Crippen LogP contribution in [0.1, 0.15) is 25.3 Å². The molecule has 0 radical (unpaired) electrons. The van der Waals surface area contributed by atoms with E-state index in [4.69, 9.17) is 4.74 Å². The molecule has 0 amide bonds. The second kappa shape index (κ2) is 6.27. The molecule has 1 heterocycles. The van der Waals surface area contributed by atoms with E-state index in [0.717, 1.165) is 31.7 Å². The molecule has 1 saturated heterocycles. The maximum Gasteiger partial charge on any atom is 0.310 e. The molecule has 20 heavy (non-hydrogen) atoms. The minimum Gasteiger partial charge on any atom is -0.497 e. The van der Waals surface area contributed by atoms with Crippen LogP contribution in [-0.4, -0.2) is 42.7 Å². The summed E-state index contributed by atoms with van der Waals surface area (Å²) in [6.07, 6.45) is 2.42. The van der Waals surface area contributed by atoms with Gasteiger partial charge in [0.25, 0.3) is 0 Å². The first-order chi connectivity index (χ1) is 9.59. The average Bonchev–Trinajstić information content (AvgIpc) is 2.91. The molecule has 1 aliphatic heterocycles. The highest BCUT2D eigenvalue weighted by atomic mass is 16.5. The van der Waals surface area contributed by atoms with Gasteiger partial charge in [-0.1, -0.05) is 19.1 Å². The van der Waals surface area contributed by atoms with Crippen molar-refractivity contribution in [3.8, 4) is 5.75 Å². The minimum absolute atomic E-state index is 0.528. The van der Waals surface area contributed by atoms with E-state index in [9.17, 15) is 9.90 Å². The predicted molar refractivity (Wildman–Crippen MR) is 78.1 cm³/mol. The maximum absolute atomic E-state index is 11.4. The average molecular weight is 277 g/mol. The molecule has 1 aromatic carbocycles. The van der Waals surface area contributed by atoms with E-state index in [0.29, 0.717) is 13.0 Å².